The average molecular weight is 257 g/mol. The summed E-state index contributed by atoms with van der Waals surface area (Å²) in [5.74, 6) is 2.33. The van der Waals surface area contributed by atoms with Crippen molar-refractivity contribution in [3.8, 4) is 0 Å². The van der Waals surface area contributed by atoms with Crippen molar-refractivity contribution in [3.05, 3.63) is 35.4 Å². The van der Waals surface area contributed by atoms with Gasteiger partial charge >= 0.3 is 0 Å². The van der Waals surface area contributed by atoms with Crippen molar-refractivity contribution in [1.29, 1.82) is 0 Å². The summed E-state index contributed by atoms with van der Waals surface area (Å²) in [5.41, 5.74) is 9.28. The number of hydrogen-bond donors (Lipinski definition) is 1. The Kier molecular flexibility index (Phi) is 3.93. The molecular weight excluding hydrogens is 230 g/mol. The third-order valence-corrected chi connectivity index (χ3v) is 5.33. The maximum atomic E-state index is 6.41. The zero-order valence-electron chi connectivity index (χ0n) is 12.1. The van der Waals surface area contributed by atoms with Gasteiger partial charge in [-0.05, 0) is 54.6 Å². The second kappa shape index (κ2) is 5.66. The van der Waals surface area contributed by atoms with Crippen LogP contribution in [0.15, 0.2) is 24.3 Å². The normalized spacial score (nSPS) is 24.1. The van der Waals surface area contributed by atoms with Crippen molar-refractivity contribution in [2.75, 3.05) is 0 Å². The molecule has 2 aliphatic rings. The van der Waals surface area contributed by atoms with Crippen molar-refractivity contribution in [3.63, 3.8) is 0 Å². The van der Waals surface area contributed by atoms with Gasteiger partial charge in [0.2, 0.25) is 0 Å². The lowest BCUT2D eigenvalue weighted by Gasteiger charge is -2.24. The molecule has 2 aliphatic carbocycles. The van der Waals surface area contributed by atoms with E-state index in [0.717, 1.165) is 11.8 Å². The molecule has 1 nitrogen and oxygen atoms in total. The van der Waals surface area contributed by atoms with Gasteiger partial charge in [0.15, 0.2) is 0 Å². The second-order valence-corrected chi connectivity index (χ2v) is 6.72. The van der Waals surface area contributed by atoms with Gasteiger partial charge in [-0.25, -0.2) is 0 Å². The van der Waals surface area contributed by atoms with E-state index in [-0.39, 0.29) is 6.04 Å². The molecule has 19 heavy (non-hydrogen) atoms. The Balaban J connectivity index is 1.67. The highest BCUT2D eigenvalue weighted by molar-refractivity contribution is 5.28. The fourth-order valence-corrected chi connectivity index (χ4v) is 3.65. The molecule has 1 aromatic rings. The van der Waals surface area contributed by atoms with Crippen molar-refractivity contribution in [1.82, 2.24) is 0 Å². The van der Waals surface area contributed by atoms with E-state index >= 15 is 0 Å². The van der Waals surface area contributed by atoms with Gasteiger partial charge in [-0.1, -0.05) is 50.5 Å². The summed E-state index contributed by atoms with van der Waals surface area (Å²) < 4.78 is 0. The summed E-state index contributed by atoms with van der Waals surface area (Å²) in [7, 11) is 0. The molecule has 2 fully saturated rings. The minimum absolute atomic E-state index is 0.230. The number of rotatable bonds is 4. The molecule has 0 aliphatic heterocycles. The minimum atomic E-state index is 0.230. The third-order valence-electron chi connectivity index (χ3n) is 5.33. The first-order valence-corrected chi connectivity index (χ1v) is 8.11. The van der Waals surface area contributed by atoms with Crippen molar-refractivity contribution in [2.24, 2.45) is 17.6 Å². The predicted molar refractivity (Wildman–Crippen MR) is 81.1 cm³/mol. The van der Waals surface area contributed by atoms with Crippen LogP contribution in [-0.2, 0) is 0 Å². The van der Waals surface area contributed by atoms with Gasteiger partial charge in [0.25, 0.3) is 0 Å². The summed E-state index contributed by atoms with van der Waals surface area (Å²) in [4.78, 5) is 0. The summed E-state index contributed by atoms with van der Waals surface area (Å²) in [5, 5.41) is 0. The van der Waals surface area contributed by atoms with Gasteiger partial charge in [-0.3, -0.25) is 0 Å². The molecule has 1 aromatic carbocycles. The Morgan fingerprint density at radius 2 is 1.58 bits per heavy atom. The molecule has 0 spiro atoms. The van der Waals surface area contributed by atoms with Crippen molar-refractivity contribution in [2.45, 2.75) is 63.8 Å². The van der Waals surface area contributed by atoms with Crippen LogP contribution in [0.5, 0.6) is 0 Å². The fraction of sp³-hybridized carbons (Fsp3) is 0.667. The van der Waals surface area contributed by atoms with Crippen LogP contribution in [0, 0.1) is 11.8 Å². The van der Waals surface area contributed by atoms with E-state index < -0.39 is 0 Å². The third kappa shape index (κ3) is 3.02. The first-order chi connectivity index (χ1) is 9.25. The number of nitrogens with two attached hydrogens (primary N) is 1. The van der Waals surface area contributed by atoms with Crippen LogP contribution in [0.4, 0.5) is 0 Å². The Morgan fingerprint density at radius 3 is 2.16 bits per heavy atom. The lowest BCUT2D eigenvalue weighted by atomic mass is 9.83. The Morgan fingerprint density at radius 1 is 0.947 bits per heavy atom. The first kappa shape index (κ1) is 13.2. The smallest absolute Gasteiger partial charge is 0.0323 e. The zero-order valence-corrected chi connectivity index (χ0v) is 12.1. The molecular formula is C18H27N. The first-order valence-electron chi connectivity index (χ1n) is 8.11. The van der Waals surface area contributed by atoms with Crippen LogP contribution in [0.3, 0.4) is 0 Å². The van der Waals surface area contributed by atoms with Crippen LogP contribution in [0.2, 0.25) is 0 Å². The van der Waals surface area contributed by atoms with Crippen molar-refractivity contribution >= 4 is 0 Å². The van der Waals surface area contributed by atoms with Gasteiger partial charge in [-0.15, -0.1) is 0 Å². The molecule has 104 valence electrons. The lowest BCUT2D eigenvalue weighted by molar-refractivity contribution is 0.416. The maximum Gasteiger partial charge on any atom is 0.0323 e. The Bertz CT molecular complexity index is 398. The molecule has 2 atom stereocenters. The van der Waals surface area contributed by atoms with Crippen LogP contribution in [-0.4, -0.2) is 0 Å². The van der Waals surface area contributed by atoms with Gasteiger partial charge in [0.1, 0.15) is 0 Å². The van der Waals surface area contributed by atoms with E-state index in [1.54, 1.807) is 0 Å². The van der Waals surface area contributed by atoms with E-state index in [2.05, 4.69) is 31.2 Å². The average Bonchev–Trinajstić information content (AvgIpc) is 3.31. The summed E-state index contributed by atoms with van der Waals surface area (Å²) >= 11 is 0. The molecule has 2 unspecified atom stereocenters. The second-order valence-electron chi connectivity index (χ2n) is 6.72. The van der Waals surface area contributed by atoms with E-state index in [1.165, 1.54) is 56.1 Å². The highest BCUT2D eigenvalue weighted by atomic mass is 14.7. The SMILES string of the molecule is CC(C1CC1)C(N)c1ccc(C2CCCCC2)cc1. The monoisotopic (exact) mass is 257 g/mol. The number of hydrogen-bond acceptors (Lipinski definition) is 1. The van der Waals surface area contributed by atoms with E-state index in [0.29, 0.717) is 5.92 Å². The number of benzene rings is 1. The Hall–Kier alpha value is -0.820. The fourth-order valence-electron chi connectivity index (χ4n) is 3.65. The highest BCUT2D eigenvalue weighted by Crippen LogP contribution is 2.42. The van der Waals surface area contributed by atoms with Crippen LogP contribution < -0.4 is 5.73 Å². The lowest BCUT2D eigenvalue weighted by Crippen LogP contribution is -2.20. The summed E-state index contributed by atoms with van der Waals surface area (Å²) in [6.45, 7) is 2.32. The van der Waals surface area contributed by atoms with E-state index in [1.807, 2.05) is 0 Å². The molecule has 1 heteroatoms. The van der Waals surface area contributed by atoms with Crippen LogP contribution in [0.1, 0.15) is 75.0 Å². The van der Waals surface area contributed by atoms with Gasteiger partial charge < -0.3 is 5.73 Å². The van der Waals surface area contributed by atoms with Gasteiger partial charge in [0.05, 0.1) is 0 Å². The molecule has 2 N–H and O–H groups in total. The molecule has 0 bridgehead atoms. The highest BCUT2D eigenvalue weighted by Gasteiger charge is 2.32. The predicted octanol–water partition coefficient (Wildman–Crippen LogP) is 4.78. The molecule has 0 radical (unpaired) electrons. The summed E-state index contributed by atoms with van der Waals surface area (Å²) in [6, 6.07) is 9.48. The topological polar surface area (TPSA) is 26.0 Å². The summed E-state index contributed by atoms with van der Waals surface area (Å²) in [6.07, 6.45) is 9.77. The molecule has 0 aromatic heterocycles. The minimum Gasteiger partial charge on any atom is -0.324 e. The van der Waals surface area contributed by atoms with Gasteiger partial charge in [0, 0.05) is 6.04 Å². The van der Waals surface area contributed by atoms with Crippen LogP contribution in [0.25, 0.3) is 0 Å². The Labute approximate surface area is 117 Å². The van der Waals surface area contributed by atoms with E-state index in [4.69, 9.17) is 5.73 Å². The van der Waals surface area contributed by atoms with Crippen LogP contribution >= 0.6 is 0 Å². The molecule has 0 saturated heterocycles. The zero-order chi connectivity index (χ0) is 13.2. The largest absolute Gasteiger partial charge is 0.324 e. The standard InChI is InChI=1S/C18H27N/c1-13(14-7-8-14)18(19)17-11-9-16(10-12-17)15-5-3-2-4-6-15/h9-15,18H,2-8,19H2,1H3. The van der Waals surface area contributed by atoms with Gasteiger partial charge in [-0.2, -0.15) is 0 Å². The molecule has 3 rings (SSSR count). The molecule has 0 heterocycles. The van der Waals surface area contributed by atoms with E-state index in [9.17, 15) is 0 Å². The van der Waals surface area contributed by atoms with Crippen molar-refractivity contribution < 1.29 is 0 Å². The molecule has 2 saturated carbocycles. The quantitative estimate of drug-likeness (QED) is 0.825. The molecule has 0 amide bonds. The maximum absolute atomic E-state index is 6.41.